The lowest BCUT2D eigenvalue weighted by Crippen LogP contribution is -2.23. The van der Waals surface area contributed by atoms with Crippen molar-refractivity contribution >= 4 is 5.91 Å². The molecule has 2 rings (SSSR count). The van der Waals surface area contributed by atoms with Gasteiger partial charge in [-0.1, -0.05) is 24.3 Å². The number of rotatable bonds is 6. The van der Waals surface area contributed by atoms with Crippen molar-refractivity contribution in [2.24, 2.45) is 0 Å². The second-order valence-electron chi connectivity index (χ2n) is 5.20. The monoisotopic (exact) mass is 299 g/mol. The van der Waals surface area contributed by atoms with Gasteiger partial charge in [-0.15, -0.1) is 0 Å². The van der Waals surface area contributed by atoms with Crippen LogP contribution in [0.3, 0.4) is 0 Å². The van der Waals surface area contributed by atoms with Crippen molar-refractivity contribution in [2.75, 3.05) is 7.11 Å². The molecule has 0 aliphatic heterocycles. The van der Waals surface area contributed by atoms with E-state index in [4.69, 9.17) is 9.47 Å². The summed E-state index contributed by atoms with van der Waals surface area (Å²) in [5.41, 5.74) is 1.51. The van der Waals surface area contributed by atoms with Gasteiger partial charge in [0.05, 0.1) is 18.8 Å². The van der Waals surface area contributed by atoms with Crippen LogP contribution >= 0.6 is 0 Å². The van der Waals surface area contributed by atoms with Crippen LogP contribution in [0.4, 0.5) is 0 Å². The number of carbonyl (C=O) groups is 1. The number of nitrogens with one attached hydrogen (secondary N) is 1. The summed E-state index contributed by atoms with van der Waals surface area (Å²) in [5.74, 6) is 1.21. The second kappa shape index (κ2) is 7.50. The molecule has 0 saturated heterocycles. The highest BCUT2D eigenvalue weighted by Gasteiger charge is 2.11. The van der Waals surface area contributed by atoms with Gasteiger partial charge < -0.3 is 14.8 Å². The van der Waals surface area contributed by atoms with E-state index in [0.29, 0.717) is 17.9 Å². The molecule has 1 amide bonds. The van der Waals surface area contributed by atoms with Gasteiger partial charge in [0.25, 0.3) is 5.91 Å². The minimum Gasteiger partial charge on any atom is -0.496 e. The summed E-state index contributed by atoms with van der Waals surface area (Å²) in [4.78, 5) is 12.2. The molecule has 0 unspecified atom stereocenters. The fourth-order valence-electron chi connectivity index (χ4n) is 2.11. The summed E-state index contributed by atoms with van der Waals surface area (Å²) in [6, 6.07) is 14.9. The van der Waals surface area contributed by atoms with Crippen molar-refractivity contribution in [3.63, 3.8) is 0 Å². The molecule has 0 aliphatic carbocycles. The van der Waals surface area contributed by atoms with Gasteiger partial charge >= 0.3 is 0 Å². The molecule has 0 radical (unpaired) electrons. The molecule has 2 aromatic rings. The van der Waals surface area contributed by atoms with E-state index < -0.39 is 0 Å². The molecule has 22 heavy (non-hydrogen) atoms. The smallest absolute Gasteiger partial charge is 0.255 e. The number of methoxy groups -OCH3 is 1. The Hall–Kier alpha value is -2.49. The third-order valence-corrected chi connectivity index (χ3v) is 3.07. The molecule has 0 fully saturated rings. The van der Waals surface area contributed by atoms with Gasteiger partial charge in [0.2, 0.25) is 0 Å². The summed E-state index contributed by atoms with van der Waals surface area (Å²) in [6.07, 6.45) is 0.124. The zero-order chi connectivity index (χ0) is 15.9. The number of benzene rings is 2. The molecule has 0 saturated carbocycles. The molecule has 0 atom stereocenters. The molecule has 0 spiro atoms. The lowest BCUT2D eigenvalue weighted by Gasteiger charge is -2.12. The van der Waals surface area contributed by atoms with E-state index in [9.17, 15) is 4.79 Å². The summed E-state index contributed by atoms with van der Waals surface area (Å²) in [6.45, 7) is 4.40. The molecule has 4 nitrogen and oxygen atoms in total. The van der Waals surface area contributed by atoms with Crippen LogP contribution in [0.1, 0.15) is 29.8 Å². The molecule has 1 N–H and O–H groups in total. The molecule has 0 bridgehead atoms. The Morgan fingerprint density at radius 2 is 1.91 bits per heavy atom. The summed E-state index contributed by atoms with van der Waals surface area (Å²) >= 11 is 0. The van der Waals surface area contributed by atoms with E-state index in [-0.39, 0.29) is 12.0 Å². The van der Waals surface area contributed by atoms with Crippen molar-refractivity contribution in [2.45, 2.75) is 26.5 Å². The highest BCUT2D eigenvalue weighted by Crippen LogP contribution is 2.18. The van der Waals surface area contributed by atoms with Crippen LogP contribution in [0.25, 0.3) is 0 Å². The minimum absolute atomic E-state index is 0.124. The van der Waals surface area contributed by atoms with Crippen LogP contribution in [-0.4, -0.2) is 19.1 Å². The predicted octanol–water partition coefficient (Wildman–Crippen LogP) is 3.41. The van der Waals surface area contributed by atoms with Crippen LogP contribution in [0.15, 0.2) is 48.5 Å². The van der Waals surface area contributed by atoms with E-state index in [1.165, 1.54) is 0 Å². The number of ether oxygens (including phenoxy) is 2. The Kier molecular flexibility index (Phi) is 5.42. The third-order valence-electron chi connectivity index (χ3n) is 3.07. The number of amides is 1. The Morgan fingerprint density at radius 1 is 1.14 bits per heavy atom. The van der Waals surface area contributed by atoms with E-state index in [0.717, 1.165) is 11.3 Å². The minimum atomic E-state index is -0.160. The second-order valence-corrected chi connectivity index (χ2v) is 5.20. The molecule has 0 aliphatic rings. The van der Waals surface area contributed by atoms with Crippen molar-refractivity contribution in [3.05, 3.63) is 59.7 Å². The van der Waals surface area contributed by atoms with E-state index in [2.05, 4.69) is 5.32 Å². The van der Waals surface area contributed by atoms with Gasteiger partial charge in [0.1, 0.15) is 11.5 Å². The van der Waals surface area contributed by atoms with Crippen molar-refractivity contribution in [3.8, 4) is 11.5 Å². The first-order valence-electron chi connectivity index (χ1n) is 7.27. The zero-order valence-corrected chi connectivity index (χ0v) is 13.1. The van der Waals surface area contributed by atoms with Gasteiger partial charge in [-0.2, -0.15) is 0 Å². The number of para-hydroxylation sites is 1. The quantitative estimate of drug-likeness (QED) is 0.889. The van der Waals surface area contributed by atoms with E-state index in [1.807, 2.05) is 50.2 Å². The SMILES string of the molecule is COc1ccccc1C(=O)NCc1cccc(OC(C)C)c1. The predicted molar refractivity (Wildman–Crippen MR) is 86.4 cm³/mol. The zero-order valence-electron chi connectivity index (χ0n) is 13.1. The average Bonchev–Trinajstić information content (AvgIpc) is 2.52. The van der Waals surface area contributed by atoms with E-state index >= 15 is 0 Å². The Labute approximate surface area is 131 Å². The molecular weight excluding hydrogens is 278 g/mol. The molecule has 0 heterocycles. The third kappa shape index (κ3) is 4.25. The summed E-state index contributed by atoms with van der Waals surface area (Å²) in [5, 5.41) is 2.90. The maximum atomic E-state index is 12.2. The van der Waals surface area contributed by atoms with Crippen LogP contribution < -0.4 is 14.8 Å². The molecule has 2 aromatic carbocycles. The van der Waals surface area contributed by atoms with Crippen molar-refractivity contribution in [1.29, 1.82) is 0 Å². The van der Waals surface area contributed by atoms with Crippen LogP contribution in [0, 0.1) is 0 Å². The number of hydrogen-bond donors (Lipinski definition) is 1. The first-order chi connectivity index (χ1) is 10.6. The molecule has 0 aromatic heterocycles. The average molecular weight is 299 g/mol. The Bertz CT molecular complexity index is 638. The van der Waals surface area contributed by atoms with Gasteiger partial charge in [-0.25, -0.2) is 0 Å². The highest BCUT2D eigenvalue weighted by atomic mass is 16.5. The Morgan fingerprint density at radius 3 is 2.64 bits per heavy atom. The van der Waals surface area contributed by atoms with E-state index in [1.54, 1.807) is 19.2 Å². The van der Waals surface area contributed by atoms with Crippen LogP contribution in [0.2, 0.25) is 0 Å². The molecular formula is C18H21NO3. The standard InChI is InChI=1S/C18H21NO3/c1-13(2)22-15-8-6-7-14(11-15)12-19-18(20)16-9-4-5-10-17(16)21-3/h4-11,13H,12H2,1-3H3,(H,19,20). The summed E-state index contributed by atoms with van der Waals surface area (Å²) < 4.78 is 10.9. The number of carbonyl (C=O) groups excluding carboxylic acids is 1. The lowest BCUT2D eigenvalue weighted by atomic mass is 10.1. The fourth-order valence-corrected chi connectivity index (χ4v) is 2.11. The van der Waals surface area contributed by atoms with Crippen molar-refractivity contribution < 1.29 is 14.3 Å². The lowest BCUT2D eigenvalue weighted by molar-refractivity contribution is 0.0947. The molecule has 116 valence electrons. The fraction of sp³-hybridized carbons (Fsp3) is 0.278. The summed E-state index contributed by atoms with van der Waals surface area (Å²) in [7, 11) is 1.55. The normalized spacial score (nSPS) is 10.4. The largest absolute Gasteiger partial charge is 0.496 e. The number of hydrogen-bond acceptors (Lipinski definition) is 3. The maximum absolute atomic E-state index is 12.2. The first-order valence-corrected chi connectivity index (χ1v) is 7.27. The first kappa shape index (κ1) is 15.9. The van der Waals surface area contributed by atoms with Gasteiger partial charge in [-0.3, -0.25) is 4.79 Å². The Balaban J connectivity index is 2.02. The van der Waals surface area contributed by atoms with Gasteiger partial charge in [0.15, 0.2) is 0 Å². The van der Waals surface area contributed by atoms with Crippen molar-refractivity contribution in [1.82, 2.24) is 5.32 Å². The van der Waals surface area contributed by atoms with Gasteiger partial charge in [0, 0.05) is 6.54 Å². The molecule has 4 heteroatoms. The van der Waals surface area contributed by atoms with Gasteiger partial charge in [-0.05, 0) is 43.7 Å². The van der Waals surface area contributed by atoms with Crippen LogP contribution in [-0.2, 0) is 6.54 Å². The topological polar surface area (TPSA) is 47.6 Å². The van der Waals surface area contributed by atoms with Crippen LogP contribution in [0.5, 0.6) is 11.5 Å². The maximum Gasteiger partial charge on any atom is 0.255 e. The highest BCUT2D eigenvalue weighted by molar-refractivity contribution is 5.96.